The van der Waals surface area contributed by atoms with Crippen LogP contribution in [0.2, 0.25) is 0 Å². The summed E-state index contributed by atoms with van der Waals surface area (Å²) < 4.78 is 0. The van der Waals surface area contributed by atoms with E-state index in [-0.39, 0.29) is 0 Å². The quantitative estimate of drug-likeness (QED) is 0.687. The molecule has 1 aliphatic rings. The number of nitrogens with one attached hydrogen (secondary N) is 1. The molecule has 0 atom stereocenters. The fourth-order valence-electron chi connectivity index (χ4n) is 2.15. The molecule has 1 saturated carbocycles. The van der Waals surface area contributed by atoms with Crippen molar-refractivity contribution < 1.29 is 0 Å². The Hall–Kier alpha value is -0.0800. The van der Waals surface area contributed by atoms with E-state index < -0.39 is 0 Å². The minimum Gasteiger partial charge on any atom is -0.330 e. The van der Waals surface area contributed by atoms with Gasteiger partial charge in [0.1, 0.15) is 0 Å². The van der Waals surface area contributed by atoms with Gasteiger partial charge >= 0.3 is 0 Å². The fraction of sp³-hybridized carbons (Fsp3) is 1.00. The van der Waals surface area contributed by atoms with E-state index in [1.54, 1.807) is 0 Å². The van der Waals surface area contributed by atoms with E-state index in [2.05, 4.69) is 26.1 Å². The molecule has 1 fully saturated rings. The van der Waals surface area contributed by atoms with Crippen LogP contribution in [0.5, 0.6) is 0 Å². The number of hydrogen-bond acceptors (Lipinski definition) is 2. The van der Waals surface area contributed by atoms with Crippen LogP contribution in [0.15, 0.2) is 0 Å². The second-order valence-electron chi connectivity index (χ2n) is 5.18. The zero-order chi connectivity index (χ0) is 10.7. The van der Waals surface area contributed by atoms with Crippen molar-refractivity contribution in [1.29, 1.82) is 0 Å². The zero-order valence-corrected chi connectivity index (χ0v) is 10.0. The Labute approximate surface area is 88.6 Å². The van der Waals surface area contributed by atoms with E-state index in [1.165, 1.54) is 32.1 Å². The molecule has 0 bridgehead atoms. The highest BCUT2D eigenvalue weighted by Crippen LogP contribution is 2.33. The zero-order valence-electron chi connectivity index (χ0n) is 10.0. The molecule has 2 heteroatoms. The van der Waals surface area contributed by atoms with Gasteiger partial charge in [-0.3, -0.25) is 0 Å². The van der Waals surface area contributed by atoms with Crippen LogP contribution >= 0.6 is 0 Å². The lowest BCUT2D eigenvalue weighted by Crippen LogP contribution is -2.53. The topological polar surface area (TPSA) is 38.0 Å². The third-order valence-electron chi connectivity index (χ3n) is 4.28. The van der Waals surface area contributed by atoms with Gasteiger partial charge in [-0.05, 0) is 51.0 Å². The van der Waals surface area contributed by atoms with Crippen LogP contribution in [0.4, 0.5) is 0 Å². The van der Waals surface area contributed by atoms with Crippen LogP contribution in [0.1, 0.15) is 52.9 Å². The van der Waals surface area contributed by atoms with Crippen molar-refractivity contribution in [2.75, 3.05) is 13.1 Å². The number of hydrogen-bond donors (Lipinski definition) is 2. The van der Waals surface area contributed by atoms with Crippen molar-refractivity contribution >= 4 is 0 Å². The monoisotopic (exact) mass is 198 g/mol. The van der Waals surface area contributed by atoms with Crippen LogP contribution in [0, 0.1) is 5.41 Å². The highest BCUT2D eigenvalue weighted by Gasteiger charge is 2.34. The average molecular weight is 198 g/mol. The van der Waals surface area contributed by atoms with Crippen molar-refractivity contribution in [3.8, 4) is 0 Å². The maximum absolute atomic E-state index is 5.88. The molecule has 0 aromatic carbocycles. The molecular formula is C12H26N2. The molecule has 0 amide bonds. The van der Waals surface area contributed by atoms with Crippen LogP contribution in [-0.2, 0) is 0 Å². The molecule has 14 heavy (non-hydrogen) atoms. The lowest BCUT2D eigenvalue weighted by molar-refractivity contribution is 0.159. The van der Waals surface area contributed by atoms with Gasteiger partial charge in [0.15, 0.2) is 0 Å². The van der Waals surface area contributed by atoms with Gasteiger partial charge in [0.05, 0.1) is 0 Å². The number of rotatable bonds is 6. The molecule has 0 spiro atoms. The average Bonchev–Trinajstić information content (AvgIpc) is 2.18. The highest BCUT2D eigenvalue weighted by atomic mass is 15.0. The first-order valence-corrected chi connectivity index (χ1v) is 6.05. The van der Waals surface area contributed by atoms with Crippen LogP contribution in [-0.4, -0.2) is 18.6 Å². The summed E-state index contributed by atoms with van der Waals surface area (Å²) >= 11 is 0. The summed E-state index contributed by atoms with van der Waals surface area (Å²) in [4.78, 5) is 0. The maximum atomic E-state index is 5.88. The van der Waals surface area contributed by atoms with E-state index in [4.69, 9.17) is 5.73 Å². The van der Waals surface area contributed by atoms with Crippen LogP contribution < -0.4 is 11.1 Å². The van der Waals surface area contributed by atoms with Gasteiger partial charge in [-0.25, -0.2) is 0 Å². The maximum Gasteiger partial charge on any atom is 0.0153 e. The largest absolute Gasteiger partial charge is 0.330 e. The summed E-state index contributed by atoms with van der Waals surface area (Å²) in [5.74, 6) is 0. The summed E-state index contributed by atoms with van der Waals surface area (Å²) in [6, 6.07) is 0. The molecule has 2 nitrogen and oxygen atoms in total. The predicted molar refractivity (Wildman–Crippen MR) is 62.3 cm³/mol. The van der Waals surface area contributed by atoms with Crippen molar-refractivity contribution in [2.45, 2.75) is 58.4 Å². The first-order valence-electron chi connectivity index (χ1n) is 6.05. The molecule has 1 rings (SSSR count). The first kappa shape index (κ1) is 12.0. The molecular weight excluding hydrogens is 172 g/mol. The molecule has 0 aromatic rings. The molecule has 0 heterocycles. The standard InChI is InChI=1S/C12H26N2/c1-4-12(5-2,9-13)10-14-11(3)7-6-8-11/h14H,4-10,13H2,1-3H3. The summed E-state index contributed by atoms with van der Waals surface area (Å²) in [6.45, 7) is 8.74. The Morgan fingerprint density at radius 2 is 1.86 bits per heavy atom. The molecule has 0 unspecified atom stereocenters. The molecule has 0 radical (unpaired) electrons. The SMILES string of the molecule is CCC(CC)(CN)CNC1(C)CCC1. The molecule has 0 saturated heterocycles. The molecule has 0 aliphatic heterocycles. The van der Waals surface area contributed by atoms with E-state index in [0.717, 1.165) is 13.1 Å². The summed E-state index contributed by atoms with van der Waals surface area (Å²) in [7, 11) is 0. The Morgan fingerprint density at radius 3 is 2.14 bits per heavy atom. The molecule has 1 aliphatic carbocycles. The smallest absolute Gasteiger partial charge is 0.0153 e. The van der Waals surface area contributed by atoms with E-state index >= 15 is 0 Å². The lowest BCUT2D eigenvalue weighted by atomic mass is 9.76. The van der Waals surface area contributed by atoms with E-state index in [0.29, 0.717) is 11.0 Å². The van der Waals surface area contributed by atoms with Gasteiger partial charge in [0.25, 0.3) is 0 Å². The minimum atomic E-state index is 0.332. The third kappa shape index (κ3) is 2.48. The second-order valence-corrected chi connectivity index (χ2v) is 5.18. The van der Waals surface area contributed by atoms with E-state index in [9.17, 15) is 0 Å². The normalized spacial score (nSPS) is 20.6. The second kappa shape index (κ2) is 4.63. The van der Waals surface area contributed by atoms with Crippen molar-refractivity contribution in [3.63, 3.8) is 0 Å². The van der Waals surface area contributed by atoms with Crippen molar-refractivity contribution in [1.82, 2.24) is 5.32 Å². The first-order chi connectivity index (χ1) is 6.60. The Kier molecular flexibility index (Phi) is 3.96. The molecule has 3 N–H and O–H groups in total. The minimum absolute atomic E-state index is 0.332. The highest BCUT2D eigenvalue weighted by molar-refractivity contribution is 4.94. The Bertz CT molecular complexity index is 161. The van der Waals surface area contributed by atoms with Gasteiger partial charge in [-0.2, -0.15) is 0 Å². The van der Waals surface area contributed by atoms with Crippen LogP contribution in [0.25, 0.3) is 0 Å². The van der Waals surface area contributed by atoms with Gasteiger partial charge in [0, 0.05) is 12.1 Å². The lowest BCUT2D eigenvalue weighted by Gasteiger charge is -2.43. The third-order valence-corrected chi connectivity index (χ3v) is 4.28. The van der Waals surface area contributed by atoms with Gasteiger partial charge in [0.2, 0.25) is 0 Å². The van der Waals surface area contributed by atoms with Gasteiger partial charge in [-0.1, -0.05) is 13.8 Å². The van der Waals surface area contributed by atoms with Crippen molar-refractivity contribution in [2.24, 2.45) is 11.1 Å². The fourth-order valence-corrected chi connectivity index (χ4v) is 2.15. The van der Waals surface area contributed by atoms with E-state index in [1.807, 2.05) is 0 Å². The van der Waals surface area contributed by atoms with Crippen molar-refractivity contribution in [3.05, 3.63) is 0 Å². The summed E-state index contributed by atoms with van der Waals surface area (Å²) in [5, 5.41) is 3.71. The Morgan fingerprint density at radius 1 is 1.29 bits per heavy atom. The summed E-state index contributed by atoms with van der Waals surface area (Å²) in [5.41, 5.74) is 6.63. The van der Waals surface area contributed by atoms with Crippen LogP contribution in [0.3, 0.4) is 0 Å². The molecule has 0 aromatic heterocycles. The van der Waals surface area contributed by atoms with Gasteiger partial charge < -0.3 is 11.1 Å². The van der Waals surface area contributed by atoms with Gasteiger partial charge in [-0.15, -0.1) is 0 Å². The summed E-state index contributed by atoms with van der Waals surface area (Å²) in [6.07, 6.45) is 6.42. The molecule has 84 valence electrons. The number of nitrogens with two attached hydrogens (primary N) is 1. The predicted octanol–water partition coefficient (Wildman–Crippen LogP) is 2.28. The Balaban J connectivity index is 2.39.